The fourth-order valence-electron chi connectivity index (χ4n) is 6.75. The van der Waals surface area contributed by atoms with E-state index in [-0.39, 0.29) is 38.3 Å². The molecule has 0 aliphatic rings. The van der Waals surface area contributed by atoms with E-state index in [1.54, 1.807) is 44.6 Å². The fraction of sp³-hybridized carbons (Fsp3) is 0.348. The quantitative estimate of drug-likeness (QED) is 0.0297. The van der Waals surface area contributed by atoms with Crippen molar-refractivity contribution >= 4 is 14.5 Å². The van der Waals surface area contributed by atoms with Gasteiger partial charge < -0.3 is 32.7 Å². The summed E-state index contributed by atoms with van der Waals surface area (Å²) in [5, 5.41) is 9.34. The zero-order valence-electron chi connectivity index (χ0n) is 35.3. The van der Waals surface area contributed by atoms with Crippen LogP contribution in [-0.2, 0) is 28.9 Å². The van der Waals surface area contributed by atoms with Gasteiger partial charge in [-0.25, -0.2) is 14.3 Å². The molecule has 5 rings (SSSR count). The second-order valence-electron chi connectivity index (χ2n) is 14.4. The van der Waals surface area contributed by atoms with Gasteiger partial charge in [0.1, 0.15) is 29.8 Å². The Labute approximate surface area is 357 Å². The third-order valence-corrected chi connectivity index (χ3v) is 11.6. The Balaban J connectivity index is 1.62. The summed E-state index contributed by atoms with van der Waals surface area (Å²) in [5.74, 6) is 0.662. The highest BCUT2D eigenvalue weighted by atomic mass is 31.2. The number of ether oxygens (including phenoxy) is 5. The predicted molar refractivity (Wildman–Crippen MR) is 231 cm³/mol. The highest BCUT2D eigenvalue weighted by Crippen LogP contribution is 2.47. The van der Waals surface area contributed by atoms with Crippen LogP contribution in [-0.4, -0.2) is 79.0 Å². The van der Waals surface area contributed by atoms with Crippen LogP contribution in [0, 0.1) is 11.3 Å². The average molecular weight is 853 g/mol. The number of nitrogens with one attached hydrogen (secondary N) is 1. The zero-order chi connectivity index (χ0) is 43.8. The highest BCUT2D eigenvalue weighted by molar-refractivity contribution is 7.44. The van der Waals surface area contributed by atoms with Gasteiger partial charge in [-0.05, 0) is 80.8 Å². The van der Waals surface area contributed by atoms with E-state index >= 15 is 0 Å². The number of aromatic amines is 1. The first-order valence-corrected chi connectivity index (χ1v) is 21.0. The first-order chi connectivity index (χ1) is 29.5. The van der Waals surface area contributed by atoms with Crippen molar-refractivity contribution in [1.29, 1.82) is 5.26 Å². The van der Waals surface area contributed by atoms with Crippen LogP contribution >= 0.6 is 8.53 Å². The number of hydrogen-bond donors (Lipinski definition) is 1. The molecule has 1 N–H and O–H groups in total. The van der Waals surface area contributed by atoms with Gasteiger partial charge in [-0.1, -0.05) is 72.8 Å². The number of methoxy groups -OCH3 is 2. The molecule has 4 aromatic carbocycles. The third kappa shape index (κ3) is 12.2. The summed E-state index contributed by atoms with van der Waals surface area (Å²) in [5.41, 5.74) is -0.0301. The lowest BCUT2D eigenvalue weighted by molar-refractivity contribution is -0.138. The van der Waals surface area contributed by atoms with Gasteiger partial charge in [0.2, 0.25) is 0 Å². The monoisotopic (exact) mass is 852 g/mol. The molecule has 322 valence electrons. The molecular weight excluding hydrogens is 799 g/mol. The molecular formula is C46H53N4O10P. The van der Waals surface area contributed by atoms with Crippen molar-refractivity contribution in [2.75, 3.05) is 40.6 Å². The van der Waals surface area contributed by atoms with Crippen molar-refractivity contribution in [3.8, 4) is 17.6 Å². The molecule has 14 nitrogen and oxygen atoms in total. The Morgan fingerprint density at radius 1 is 0.754 bits per heavy atom. The van der Waals surface area contributed by atoms with Crippen LogP contribution in [0.1, 0.15) is 67.4 Å². The van der Waals surface area contributed by atoms with E-state index in [9.17, 15) is 19.6 Å². The topological polar surface area (TPSA) is 164 Å². The number of nitrogens with zero attached hydrogens (tertiary/aromatic N) is 3. The van der Waals surface area contributed by atoms with E-state index in [1.807, 2.05) is 107 Å². The molecule has 5 aromatic rings. The Kier molecular flexibility index (Phi) is 17.4. The minimum absolute atomic E-state index is 0.00422. The van der Waals surface area contributed by atoms with Crippen LogP contribution in [0.5, 0.6) is 11.5 Å². The van der Waals surface area contributed by atoms with Crippen molar-refractivity contribution in [3.63, 3.8) is 0 Å². The lowest BCUT2D eigenvalue weighted by atomic mass is 9.80. The van der Waals surface area contributed by atoms with Crippen LogP contribution in [0.3, 0.4) is 0 Å². The van der Waals surface area contributed by atoms with Crippen molar-refractivity contribution in [2.45, 2.75) is 64.1 Å². The molecule has 0 amide bonds. The number of nitriles is 1. The van der Waals surface area contributed by atoms with E-state index in [0.29, 0.717) is 17.1 Å². The zero-order valence-corrected chi connectivity index (χ0v) is 36.2. The Morgan fingerprint density at radius 3 is 1.84 bits per heavy atom. The fourth-order valence-corrected chi connectivity index (χ4v) is 8.38. The van der Waals surface area contributed by atoms with Gasteiger partial charge in [0, 0.05) is 24.3 Å². The average Bonchev–Trinajstić information content (AvgIpc) is 3.27. The maximum atomic E-state index is 13.4. The summed E-state index contributed by atoms with van der Waals surface area (Å²) in [6.45, 7) is 7.54. The maximum Gasteiger partial charge on any atom is 0.338 e. The van der Waals surface area contributed by atoms with Crippen molar-refractivity contribution in [3.05, 3.63) is 165 Å². The van der Waals surface area contributed by atoms with Gasteiger partial charge in [0.25, 0.3) is 14.1 Å². The van der Waals surface area contributed by atoms with Crippen LogP contribution in [0.15, 0.2) is 131 Å². The Hall–Kier alpha value is -5.65. The molecule has 15 heteroatoms. The third-order valence-electron chi connectivity index (χ3n) is 9.57. The number of H-pyrrole nitrogens is 1. The van der Waals surface area contributed by atoms with Gasteiger partial charge in [-0.15, -0.1) is 0 Å². The van der Waals surface area contributed by atoms with Gasteiger partial charge in [-0.2, -0.15) is 5.26 Å². The number of benzene rings is 4. The number of esters is 1. The van der Waals surface area contributed by atoms with E-state index in [4.69, 9.17) is 32.7 Å². The first kappa shape index (κ1) is 46.4. The standard InChI is InChI=1S/C46H53N4O10P/c1-33(2)50(34(3)4)61(58-29-13-27-47)59-31-41(60-43(49-28-26-42(51)48-45(49)53)32-56-44(52)35-14-9-7-10-15-35)30-57-46(36-16-11-8-12-17-36,37-18-22-39(54-5)23-19-37)38-20-24-40(55-6)25-21-38/h7-12,14-26,28,33-34,41,43H,13,29-32H2,1-6H3,(H,48,51,53). The number of rotatable bonds is 23. The number of carbonyl (C=O) groups is 1. The summed E-state index contributed by atoms with van der Waals surface area (Å²) in [7, 11) is 1.45. The van der Waals surface area contributed by atoms with E-state index in [1.165, 1.54) is 12.3 Å². The lowest BCUT2D eigenvalue weighted by Gasteiger charge is -2.38. The number of aromatic nitrogens is 2. The van der Waals surface area contributed by atoms with Crippen molar-refractivity contribution in [1.82, 2.24) is 14.2 Å². The molecule has 1 aromatic heterocycles. The minimum Gasteiger partial charge on any atom is -0.497 e. The summed E-state index contributed by atoms with van der Waals surface area (Å²) < 4.78 is 46.9. The smallest absolute Gasteiger partial charge is 0.338 e. The molecule has 0 fully saturated rings. The van der Waals surface area contributed by atoms with E-state index < -0.39 is 50.3 Å². The second-order valence-corrected chi connectivity index (χ2v) is 15.8. The molecule has 1 heterocycles. The summed E-state index contributed by atoms with van der Waals surface area (Å²) in [6, 6.07) is 36.6. The molecule has 0 aliphatic heterocycles. The van der Waals surface area contributed by atoms with Gasteiger partial charge >= 0.3 is 11.7 Å². The van der Waals surface area contributed by atoms with Crippen LogP contribution in [0.25, 0.3) is 0 Å². The van der Waals surface area contributed by atoms with Crippen LogP contribution in [0.4, 0.5) is 0 Å². The highest BCUT2D eigenvalue weighted by Gasteiger charge is 2.40. The summed E-state index contributed by atoms with van der Waals surface area (Å²) in [4.78, 5) is 41.1. The molecule has 0 saturated heterocycles. The molecule has 0 radical (unpaired) electrons. The molecule has 3 unspecified atom stereocenters. The van der Waals surface area contributed by atoms with Gasteiger partial charge in [0.15, 0.2) is 6.23 Å². The van der Waals surface area contributed by atoms with Gasteiger partial charge in [0.05, 0.1) is 52.1 Å². The molecule has 3 atom stereocenters. The SMILES string of the molecule is COc1ccc(C(OCC(COP(OCCC#N)N(C(C)C)C(C)C)OC(COC(=O)c2ccccc2)n2ccc(=O)[nH]c2=O)(c2ccccc2)c2ccc(OC)cc2)cc1. The lowest BCUT2D eigenvalue weighted by Crippen LogP contribution is -2.41. The first-order valence-electron chi connectivity index (χ1n) is 19.9. The molecule has 0 saturated carbocycles. The van der Waals surface area contributed by atoms with Crippen LogP contribution < -0.4 is 20.7 Å². The molecule has 61 heavy (non-hydrogen) atoms. The number of hydrogen-bond acceptors (Lipinski definition) is 12. The molecule has 0 bridgehead atoms. The van der Waals surface area contributed by atoms with E-state index in [0.717, 1.165) is 21.3 Å². The maximum absolute atomic E-state index is 13.4. The Morgan fingerprint density at radius 2 is 1.31 bits per heavy atom. The van der Waals surface area contributed by atoms with Crippen molar-refractivity contribution < 1.29 is 37.5 Å². The summed E-state index contributed by atoms with van der Waals surface area (Å²) in [6.07, 6.45) is -0.812. The van der Waals surface area contributed by atoms with Gasteiger partial charge in [-0.3, -0.25) is 14.3 Å². The van der Waals surface area contributed by atoms with E-state index in [2.05, 4.69) is 15.7 Å². The van der Waals surface area contributed by atoms with Crippen molar-refractivity contribution in [2.24, 2.45) is 0 Å². The predicted octanol–water partition coefficient (Wildman–Crippen LogP) is 7.60. The minimum atomic E-state index is -1.75. The summed E-state index contributed by atoms with van der Waals surface area (Å²) >= 11 is 0. The largest absolute Gasteiger partial charge is 0.497 e. The van der Waals surface area contributed by atoms with Crippen LogP contribution in [0.2, 0.25) is 0 Å². The Bertz CT molecular complexity index is 2210. The normalized spacial score (nSPS) is 13.1. The molecule has 0 aliphatic carbocycles. The second kappa shape index (κ2) is 22.8. The number of carbonyl (C=O) groups excluding carboxylic acids is 1. The molecule has 0 spiro atoms.